The molecule has 1 aliphatic heterocycles. The van der Waals surface area contributed by atoms with Crippen molar-refractivity contribution in [2.75, 3.05) is 13.1 Å². The molecule has 0 aliphatic carbocycles. The Labute approximate surface area is 142 Å². The molecule has 2 aromatic carbocycles. The Hall–Kier alpha value is -2.38. The van der Waals surface area contributed by atoms with Gasteiger partial charge in [-0.1, -0.05) is 42.5 Å². The third kappa shape index (κ3) is 3.74. The Bertz CT molecular complexity index is 726. The van der Waals surface area contributed by atoms with E-state index in [1.165, 1.54) is 0 Å². The quantitative estimate of drug-likeness (QED) is 0.920. The molecule has 0 aromatic heterocycles. The molecule has 2 unspecified atom stereocenters. The molecule has 3 rings (SSSR count). The Morgan fingerprint density at radius 1 is 1.21 bits per heavy atom. The van der Waals surface area contributed by atoms with E-state index in [4.69, 9.17) is 5.26 Å². The predicted octanol–water partition coefficient (Wildman–Crippen LogP) is 4.13. The average molecular weight is 324 g/mol. The Kier molecular flexibility index (Phi) is 5.12. The first-order chi connectivity index (χ1) is 11.7. The van der Waals surface area contributed by atoms with Crippen molar-refractivity contribution in [3.8, 4) is 22.9 Å². The fourth-order valence-corrected chi connectivity index (χ4v) is 3.30. The maximum Gasteiger partial charge on any atom is 0.123 e. The van der Waals surface area contributed by atoms with Crippen LogP contribution in [0, 0.1) is 17.2 Å². The van der Waals surface area contributed by atoms with E-state index in [2.05, 4.69) is 11.0 Å². The Morgan fingerprint density at radius 3 is 2.67 bits per heavy atom. The molecule has 24 heavy (non-hydrogen) atoms. The Morgan fingerprint density at radius 2 is 2.00 bits per heavy atom. The summed E-state index contributed by atoms with van der Waals surface area (Å²) in [6, 6.07) is 17.5. The molecule has 1 aliphatic rings. The topological polar surface area (TPSA) is 47.3 Å². The molecular weight excluding hydrogens is 303 g/mol. The van der Waals surface area contributed by atoms with Gasteiger partial charge in [0.05, 0.1) is 6.07 Å². The number of phenols is 1. The van der Waals surface area contributed by atoms with E-state index in [9.17, 15) is 9.50 Å². The second-order valence-electron chi connectivity index (χ2n) is 6.38. The highest BCUT2D eigenvalue weighted by atomic mass is 19.1. The van der Waals surface area contributed by atoms with Crippen LogP contribution >= 0.6 is 0 Å². The molecule has 1 saturated heterocycles. The fraction of sp³-hybridized carbons (Fsp3) is 0.350. The zero-order valence-electron chi connectivity index (χ0n) is 13.5. The number of nitrogens with zero attached hydrogens (tertiary/aromatic N) is 2. The van der Waals surface area contributed by atoms with E-state index >= 15 is 0 Å². The predicted molar refractivity (Wildman–Crippen MR) is 92.1 cm³/mol. The molecule has 0 bridgehead atoms. The molecule has 124 valence electrons. The van der Waals surface area contributed by atoms with Gasteiger partial charge in [0.2, 0.25) is 0 Å². The molecule has 0 saturated carbocycles. The molecule has 1 fully saturated rings. The molecule has 4 heteroatoms. The summed E-state index contributed by atoms with van der Waals surface area (Å²) in [7, 11) is 0. The number of likely N-dealkylation sites (tertiary alicyclic amines) is 1. The van der Waals surface area contributed by atoms with Gasteiger partial charge in [-0.05, 0) is 30.2 Å². The zero-order valence-corrected chi connectivity index (χ0v) is 13.5. The molecule has 2 aromatic rings. The van der Waals surface area contributed by atoms with Crippen molar-refractivity contribution in [1.82, 2.24) is 4.90 Å². The van der Waals surface area contributed by atoms with Crippen molar-refractivity contribution in [2.45, 2.75) is 25.6 Å². The number of nitriles is 1. The third-order valence-corrected chi connectivity index (χ3v) is 4.67. The molecule has 0 radical (unpaired) electrons. The van der Waals surface area contributed by atoms with Gasteiger partial charge in [0.15, 0.2) is 0 Å². The molecule has 1 heterocycles. The van der Waals surface area contributed by atoms with E-state index in [1.807, 2.05) is 42.5 Å². The first kappa shape index (κ1) is 16.5. The number of alkyl halides is 1. The van der Waals surface area contributed by atoms with Gasteiger partial charge in [-0.3, -0.25) is 4.90 Å². The van der Waals surface area contributed by atoms with Crippen LogP contribution < -0.4 is 0 Å². The van der Waals surface area contributed by atoms with Crippen LogP contribution in [0.15, 0.2) is 48.5 Å². The van der Waals surface area contributed by atoms with Crippen LogP contribution in [0.25, 0.3) is 11.1 Å². The van der Waals surface area contributed by atoms with Gasteiger partial charge in [-0.2, -0.15) is 5.26 Å². The van der Waals surface area contributed by atoms with E-state index in [-0.39, 0.29) is 11.7 Å². The van der Waals surface area contributed by atoms with Crippen molar-refractivity contribution < 1.29 is 9.50 Å². The highest BCUT2D eigenvalue weighted by Gasteiger charge is 2.28. The normalized spacial score (nSPS) is 21.3. The van der Waals surface area contributed by atoms with Crippen LogP contribution in [0.2, 0.25) is 0 Å². The second-order valence-corrected chi connectivity index (χ2v) is 6.38. The van der Waals surface area contributed by atoms with Gasteiger partial charge in [0, 0.05) is 31.0 Å². The average Bonchev–Trinajstić information content (AvgIpc) is 2.58. The van der Waals surface area contributed by atoms with Crippen molar-refractivity contribution in [1.29, 1.82) is 5.26 Å². The number of benzene rings is 2. The van der Waals surface area contributed by atoms with Crippen LogP contribution in [0.3, 0.4) is 0 Å². The van der Waals surface area contributed by atoms with Crippen molar-refractivity contribution in [3.63, 3.8) is 0 Å². The van der Waals surface area contributed by atoms with Crippen LogP contribution in [0.4, 0.5) is 4.39 Å². The lowest BCUT2D eigenvalue weighted by Gasteiger charge is -2.33. The highest BCUT2D eigenvalue weighted by Crippen LogP contribution is 2.31. The summed E-state index contributed by atoms with van der Waals surface area (Å²) < 4.78 is 14.1. The number of rotatable bonds is 4. The SMILES string of the molecule is N#CCC1CCN(Cc2ccc(-c3ccccc3)c(O)c2)CC1F. The standard InChI is InChI=1S/C20H21FN2O/c21-19-14-23(11-9-17(19)8-10-22)13-15-6-7-18(20(24)12-15)16-4-2-1-3-5-16/h1-7,12,17,19,24H,8-9,11,13-14H2. The van der Waals surface area contributed by atoms with Gasteiger partial charge < -0.3 is 5.11 Å². The smallest absolute Gasteiger partial charge is 0.123 e. The molecule has 1 N–H and O–H groups in total. The largest absolute Gasteiger partial charge is 0.507 e. The maximum absolute atomic E-state index is 14.1. The van der Waals surface area contributed by atoms with E-state index in [0.29, 0.717) is 25.9 Å². The summed E-state index contributed by atoms with van der Waals surface area (Å²) in [5.74, 6) is 0.106. The summed E-state index contributed by atoms with van der Waals surface area (Å²) in [4.78, 5) is 2.05. The first-order valence-electron chi connectivity index (χ1n) is 8.28. The van der Waals surface area contributed by atoms with E-state index in [0.717, 1.165) is 23.2 Å². The second kappa shape index (κ2) is 7.46. The molecular formula is C20H21FN2O. The number of piperidine rings is 1. The summed E-state index contributed by atoms with van der Waals surface area (Å²) >= 11 is 0. The maximum atomic E-state index is 14.1. The summed E-state index contributed by atoms with van der Waals surface area (Å²) in [5, 5.41) is 19.0. The summed E-state index contributed by atoms with van der Waals surface area (Å²) in [5.41, 5.74) is 2.75. The summed E-state index contributed by atoms with van der Waals surface area (Å²) in [6.45, 7) is 1.75. The number of phenolic OH excluding ortho intramolecular Hbond substituents is 1. The van der Waals surface area contributed by atoms with E-state index < -0.39 is 6.17 Å². The lowest BCUT2D eigenvalue weighted by atomic mass is 9.92. The molecule has 3 nitrogen and oxygen atoms in total. The number of aromatic hydroxyl groups is 1. The first-order valence-corrected chi connectivity index (χ1v) is 8.28. The van der Waals surface area contributed by atoms with Gasteiger partial charge in [-0.15, -0.1) is 0 Å². The number of hydrogen-bond acceptors (Lipinski definition) is 3. The van der Waals surface area contributed by atoms with Gasteiger partial charge in [0.25, 0.3) is 0 Å². The number of halogens is 1. The molecule has 0 amide bonds. The lowest BCUT2D eigenvalue weighted by molar-refractivity contribution is 0.0821. The third-order valence-electron chi connectivity index (χ3n) is 4.67. The van der Waals surface area contributed by atoms with Crippen molar-refractivity contribution >= 4 is 0 Å². The van der Waals surface area contributed by atoms with Crippen molar-refractivity contribution in [3.05, 3.63) is 54.1 Å². The minimum Gasteiger partial charge on any atom is -0.507 e. The van der Waals surface area contributed by atoms with Crippen molar-refractivity contribution in [2.24, 2.45) is 5.92 Å². The van der Waals surface area contributed by atoms with Gasteiger partial charge in [-0.25, -0.2) is 4.39 Å². The van der Waals surface area contributed by atoms with Gasteiger partial charge in [0.1, 0.15) is 11.9 Å². The van der Waals surface area contributed by atoms with Crippen LogP contribution in [-0.4, -0.2) is 29.3 Å². The fourth-order valence-electron chi connectivity index (χ4n) is 3.30. The molecule has 0 spiro atoms. The highest BCUT2D eigenvalue weighted by molar-refractivity contribution is 5.70. The van der Waals surface area contributed by atoms with E-state index in [1.54, 1.807) is 6.07 Å². The lowest BCUT2D eigenvalue weighted by Crippen LogP contribution is -2.41. The molecule has 2 atom stereocenters. The van der Waals surface area contributed by atoms with Crippen LogP contribution in [0.5, 0.6) is 5.75 Å². The zero-order chi connectivity index (χ0) is 16.9. The van der Waals surface area contributed by atoms with Crippen LogP contribution in [0.1, 0.15) is 18.4 Å². The number of hydrogen-bond donors (Lipinski definition) is 1. The minimum atomic E-state index is -0.949. The summed E-state index contributed by atoms with van der Waals surface area (Å²) in [6.07, 6.45) is 0.0558. The monoisotopic (exact) mass is 324 g/mol. The van der Waals surface area contributed by atoms with Gasteiger partial charge >= 0.3 is 0 Å². The minimum absolute atomic E-state index is 0.139. The van der Waals surface area contributed by atoms with Crippen LogP contribution in [-0.2, 0) is 6.54 Å². The Balaban J connectivity index is 1.67.